The van der Waals surface area contributed by atoms with Gasteiger partial charge < -0.3 is 20.1 Å². The maximum absolute atomic E-state index is 12.2. The van der Waals surface area contributed by atoms with Crippen molar-refractivity contribution in [3.05, 3.63) is 0 Å². The molecule has 0 aromatic carbocycles. The normalized spacial score (nSPS) is 18.0. The molecule has 0 unspecified atom stereocenters. The Hall–Kier alpha value is -2.32. The predicted octanol–water partition coefficient (Wildman–Crippen LogP) is 0.570. The molecule has 2 N–H and O–H groups in total. The van der Waals surface area contributed by atoms with Gasteiger partial charge in [-0.3, -0.25) is 14.5 Å². The smallest absolute Gasteiger partial charge is 0.411 e. The molecule has 0 saturated carbocycles. The standard InChI is InChI=1S/C17H29N3O6/c1-11(9-13(21)18-5)19-14(22)10-25-15(23)12-7-6-8-20(12)16(24)26-17(2,3)4/h11-12H,6-10H2,1-5H3,(H,18,21)(H,19,22)/t11-,12+/m0/s1. The Morgan fingerprint density at radius 2 is 1.85 bits per heavy atom. The van der Waals surface area contributed by atoms with Crippen LogP contribution >= 0.6 is 0 Å². The molecule has 0 aromatic rings. The number of likely N-dealkylation sites (tertiary alicyclic amines) is 1. The molecule has 0 aliphatic carbocycles. The first-order valence-electron chi connectivity index (χ1n) is 8.69. The SMILES string of the molecule is CNC(=O)C[C@H](C)NC(=O)COC(=O)[C@H]1CCCN1C(=O)OC(C)(C)C. The molecule has 1 saturated heterocycles. The summed E-state index contributed by atoms with van der Waals surface area (Å²) in [5, 5.41) is 5.04. The summed E-state index contributed by atoms with van der Waals surface area (Å²) < 4.78 is 10.3. The molecule has 9 nitrogen and oxygen atoms in total. The Kier molecular flexibility index (Phi) is 7.85. The van der Waals surface area contributed by atoms with E-state index in [1.807, 2.05) is 0 Å². The zero-order chi connectivity index (χ0) is 19.9. The van der Waals surface area contributed by atoms with Crippen LogP contribution in [-0.2, 0) is 23.9 Å². The van der Waals surface area contributed by atoms with Crippen LogP contribution in [0.3, 0.4) is 0 Å². The lowest BCUT2D eigenvalue weighted by atomic mass is 10.2. The van der Waals surface area contributed by atoms with Gasteiger partial charge in [0.2, 0.25) is 5.91 Å². The van der Waals surface area contributed by atoms with Gasteiger partial charge in [0.25, 0.3) is 5.91 Å². The van der Waals surface area contributed by atoms with Crippen LogP contribution in [0.25, 0.3) is 0 Å². The van der Waals surface area contributed by atoms with Crippen molar-refractivity contribution in [2.24, 2.45) is 0 Å². The Bertz CT molecular complexity index is 543. The third kappa shape index (κ3) is 7.28. The van der Waals surface area contributed by atoms with Gasteiger partial charge in [-0.05, 0) is 40.5 Å². The summed E-state index contributed by atoms with van der Waals surface area (Å²) in [6.45, 7) is 6.87. The van der Waals surface area contributed by atoms with Crippen molar-refractivity contribution in [2.45, 2.75) is 64.6 Å². The van der Waals surface area contributed by atoms with Crippen LogP contribution in [-0.4, -0.2) is 66.7 Å². The monoisotopic (exact) mass is 371 g/mol. The molecule has 26 heavy (non-hydrogen) atoms. The van der Waals surface area contributed by atoms with Gasteiger partial charge >= 0.3 is 12.1 Å². The number of amides is 3. The van der Waals surface area contributed by atoms with Gasteiger partial charge in [-0.15, -0.1) is 0 Å². The highest BCUT2D eigenvalue weighted by Gasteiger charge is 2.37. The lowest BCUT2D eigenvalue weighted by Gasteiger charge is -2.27. The summed E-state index contributed by atoms with van der Waals surface area (Å²) in [7, 11) is 1.51. The molecule has 1 rings (SSSR count). The molecule has 1 heterocycles. The first-order chi connectivity index (χ1) is 12.0. The molecular formula is C17H29N3O6. The molecule has 0 bridgehead atoms. The van der Waals surface area contributed by atoms with E-state index in [2.05, 4.69) is 10.6 Å². The van der Waals surface area contributed by atoms with E-state index in [0.29, 0.717) is 19.4 Å². The van der Waals surface area contributed by atoms with Gasteiger partial charge in [-0.1, -0.05) is 0 Å². The highest BCUT2D eigenvalue weighted by atomic mass is 16.6. The van der Waals surface area contributed by atoms with Gasteiger partial charge in [-0.25, -0.2) is 9.59 Å². The average Bonchev–Trinajstić information content (AvgIpc) is 3.00. The third-order valence-electron chi connectivity index (χ3n) is 3.68. The first-order valence-corrected chi connectivity index (χ1v) is 8.69. The number of hydrogen-bond acceptors (Lipinski definition) is 6. The van der Waals surface area contributed by atoms with E-state index in [-0.39, 0.29) is 18.4 Å². The summed E-state index contributed by atoms with van der Waals surface area (Å²) in [4.78, 5) is 48.8. The fourth-order valence-corrected chi connectivity index (χ4v) is 2.53. The van der Waals surface area contributed by atoms with Crippen LogP contribution in [0.2, 0.25) is 0 Å². The zero-order valence-electron chi connectivity index (χ0n) is 16.1. The molecule has 148 valence electrons. The van der Waals surface area contributed by atoms with Crippen LogP contribution in [0.4, 0.5) is 4.79 Å². The number of nitrogens with zero attached hydrogens (tertiary/aromatic N) is 1. The number of carbonyl (C=O) groups excluding carboxylic acids is 4. The lowest BCUT2D eigenvalue weighted by Crippen LogP contribution is -2.45. The predicted molar refractivity (Wildman–Crippen MR) is 93.2 cm³/mol. The fourth-order valence-electron chi connectivity index (χ4n) is 2.53. The van der Waals surface area contributed by atoms with E-state index in [1.54, 1.807) is 27.7 Å². The largest absolute Gasteiger partial charge is 0.454 e. The molecule has 3 amide bonds. The summed E-state index contributed by atoms with van der Waals surface area (Å²) in [5.74, 6) is -1.34. The van der Waals surface area contributed by atoms with Gasteiger partial charge in [0.05, 0.1) is 0 Å². The van der Waals surface area contributed by atoms with Crippen molar-refractivity contribution in [3.63, 3.8) is 0 Å². The highest BCUT2D eigenvalue weighted by Crippen LogP contribution is 2.21. The second-order valence-corrected chi connectivity index (χ2v) is 7.29. The minimum absolute atomic E-state index is 0.130. The Labute approximate surface area is 153 Å². The number of hydrogen-bond donors (Lipinski definition) is 2. The van der Waals surface area contributed by atoms with Gasteiger partial charge in [0.15, 0.2) is 6.61 Å². The van der Waals surface area contributed by atoms with E-state index in [0.717, 1.165) is 0 Å². The quantitative estimate of drug-likeness (QED) is 0.660. The van der Waals surface area contributed by atoms with Crippen molar-refractivity contribution >= 4 is 23.9 Å². The van der Waals surface area contributed by atoms with Crippen molar-refractivity contribution in [2.75, 3.05) is 20.2 Å². The van der Waals surface area contributed by atoms with Crippen molar-refractivity contribution in [1.29, 1.82) is 0 Å². The summed E-state index contributed by atoms with van der Waals surface area (Å²) >= 11 is 0. The van der Waals surface area contributed by atoms with Crippen LogP contribution in [0.15, 0.2) is 0 Å². The third-order valence-corrected chi connectivity index (χ3v) is 3.68. The van der Waals surface area contributed by atoms with Crippen LogP contribution < -0.4 is 10.6 Å². The van der Waals surface area contributed by atoms with E-state index < -0.39 is 36.2 Å². The second kappa shape index (κ2) is 9.40. The van der Waals surface area contributed by atoms with Crippen LogP contribution in [0, 0.1) is 0 Å². The molecule has 0 aromatic heterocycles. The molecule has 1 aliphatic heterocycles. The number of ether oxygens (including phenoxy) is 2. The molecule has 2 atom stereocenters. The number of nitrogens with one attached hydrogen (secondary N) is 2. The maximum atomic E-state index is 12.2. The molecule has 0 radical (unpaired) electrons. The number of esters is 1. The Balaban J connectivity index is 2.47. The van der Waals surface area contributed by atoms with E-state index in [4.69, 9.17) is 9.47 Å². The van der Waals surface area contributed by atoms with Crippen LogP contribution in [0.1, 0.15) is 47.0 Å². The fraction of sp³-hybridized carbons (Fsp3) is 0.765. The molecular weight excluding hydrogens is 342 g/mol. The van der Waals surface area contributed by atoms with E-state index in [9.17, 15) is 19.2 Å². The topological polar surface area (TPSA) is 114 Å². The van der Waals surface area contributed by atoms with Gasteiger partial charge in [0, 0.05) is 26.1 Å². The molecule has 1 aliphatic rings. The first kappa shape index (κ1) is 21.7. The Morgan fingerprint density at radius 3 is 2.42 bits per heavy atom. The van der Waals surface area contributed by atoms with Crippen LogP contribution in [0.5, 0.6) is 0 Å². The molecule has 1 fully saturated rings. The van der Waals surface area contributed by atoms with E-state index in [1.165, 1.54) is 11.9 Å². The number of carbonyl (C=O) groups is 4. The van der Waals surface area contributed by atoms with Gasteiger partial charge in [-0.2, -0.15) is 0 Å². The molecule has 9 heteroatoms. The molecule has 0 spiro atoms. The minimum Gasteiger partial charge on any atom is -0.454 e. The van der Waals surface area contributed by atoms with Gasteiger partial charge in [0.1, 0.15) is 11.6 Å². The van der Waals surface area contributed by atoms with Crippen molar-refractivity contribution in [1.82, 2.24) is 15.5 Å². The highest BCUT2D eigenvalue weighted by molar-refractivity contribution is 5.85. The Morgan fingerprint density at radius 1 is 1.19 bits per heavy atom. The number of rotatable bonds is 6. The summed E-state index contributed by atoms with van der Waals surface area (Å²) in [6.07, 6.45) is 0.687. The maximum Gasteiger partial charge on any atom is 0.411 e. The lowest BCUT2D eigenvalue weighted by molar-refractivity contribution is -0.153. The summed E-state index contributed by atoms with van der Waals surface area (Å²) in [5.41, 5.74) is -0.658. The van der Waals surface area contributed by atoms with E-state index >= 15 is 0 Å². The minimum atomic E-state index is -0.749. The summed E-state index contributed by atoms with van der Waals surface area (Å²) in [6, 6.07) is -1.13. The second-order valence-electron chi connectivity index (χ2n) is 7.29. The zero-order valence-corrected chi connectivity index (χ0v) is 16.1. The van der Waals surface area contributed by atoms with Crippen molar-refractivity contribution < 1.29 is 28.7 Å². The average molecular weight is 371 g/mol. The van der Waals surface area contributed by atoms with Crippen molar-refractivity contribution in [3.8, 4) is 0 Å².